The first-order valence-corrected chi connectivity index (χ1v) is 10.6. The predicted molar refractivity (Wildman–Crippen MR) is 123 cm³/mol. The van der Waals surface area contributed by atoms with Gasteiger partial charge in [0, 0.05) is 35.0 Å². The van der Waals surface area contributed by atoms with Crippen molar-refractivity contribution >= 4 is 5.82 Å². The van der Waals surface area contributed by atoms with Gasteiger partial charge in [-0.05, 0) is 48.4 Å². The molecule has 0 fully saturated rings. The smallest absolute Gasteiger partial charge is 0.270 e. The molecule has 0 unspecified atom stereocenters. The van der Waals surface area contributed by atoms with Crippen molar-refractivity contribution < 1.29 is 4.42 Å². The van der Waals surface area contributed by atoms with Crippen LogP contribution in [0.1, 0.15) is 37.6 Å². The van der Waals surface area contributed by atoms with E-state index in [0.717, 1.165) is 36.3 Å². The van der Waals surface area contributed by atoms with E-state index in [0.29, 0.717) is 17.3 Å². The molecule has 0 bridgehead atoms. The highest BCUT2D eigenvalue weighted by atomic mass is 16.4. The fourth-order valence-electron chi connectivity index (χ4n) is 3.74. The highest BCUT2D eigenvalue weighted by molar-refractivity contribution is 5.69. The van der Waals surface area contributed by atoms with E-state index in [2.05, 4.69) is 58.4 Å². The number of aromatic nitrogens is 5. The summed E-state index contributed by atoms with van der Waals surface area (Å²) in [5.41, 5.74) is 12.4. The third kappa shape index (κ3) is 3.85. The Bertz CT molecular complexity index is 1290. The molecular weight excluding hydrogens is 402 g/mol. The van der Waals surface area contributed by atoms with Crippen LogP contribution in [0, 0.1) is 0 Å². The number of anilines is 1. The second-order valence-electron chi connectivity index (χ2n) is 8.99. The largest absolute Gasteiger partial charge is 0.414 e. The number of benzene rings is 1. The summed E-state index contributed by atoms with van der Waals surface area (Å²) >= 11 is 0. The maximum atomic E-state index is 6.12. The van der Waals surface area contributed by atoms with Gasteiger partial charge in [0.05, 0.1) is 11.9 Å². The molecule has 5 rings (SSSR count). The lowest BCUT2D eigenvalue weighted by Crippen LogP contribution is -2.23. The third-order valence-corrected chi connectivity index (χ3v) is 5.59. The van der Waals surface area contributed by atoms with Gasteiger partial charge < -0.3 is 15.5 Å². The van der Waals surface area contributed by atoms with Crippen LogP contribution in [0.15, 0.2) is 47.1 Å². The summed E-state index contributed by atoms with van der Waals surface area (Å²) in [7, 11) is 0. The molecule has 0 radical (unpaired) electrons. The molecule has 4 heterocycles. The second kappa shape index (κ2) is 7.80. The molecule has 1 aromatic carbocycles. The molecule has 0 amide bonds. The van der Waals surface area contributed by atoms with Crippen LogP contribution < -0.4 is 11.1 Å². The molecule has 3 aromatic heterocycles. The van der Waals surface area contributed by atoms with Crippen molar-refractivity contribution in [1.82, 2.24) is 30.5 Å². The molecule has 0 spiro atoms. The van der Waals surface area contributed by atoms with E-state index in [-0.39, 0.29) is 17.1 Å². The van der Waals surface area contributed by atoms with Gasteiger partial charge in [-0.3, -0.25) is 4.98 Å². The second-order valence-corrected chi connectivity index (χ2v) is 8.99. The van der Waals surface area contributed by atoms with Crippen LogP contribution in [0.4, 0.5) is 5.82 Å². The first-order chi connectivity index (χ1) is 15.4. The van der Waals surface area contributed by atoms with Gasteiger partial charge in [-0.1, -0.05) is 26.8 Å². The average Bonchev–Trinajstić information content (AvgIpc) is 3.29. The zero-order valence-corrected chi connectivity index (χ0v) is 18.4. The fraction of sp³-hybridized carbons (Fsp3) is 0.292. The summed E-state index contributed by atoms with van der Waals surface area (Å²) in [4.78, 5) is 13.5. The van der Waals surface area contributed by atoms with E-state index >= 15 is 0 Å². The van der Waals surface area contributed by atoms with Crippen LogP contribution in [0.25, 0.3) is 34.3 Å². The summed E-state index contributed by atoms with van der Waals surface area (Å²) in [6.07, 6.45) is 4.45. The van der Waals surface area contributed by atoms with Crippen molar-refractivity contribution in [1.29, 1.82) is 0 Å². The van der Waals surface area contributed by atoms with Crippen molar-refractivity contribution in [2.24, 2.45) is 0 Å². The molecule has 8 heteroatoms. The molecule has 1 aliphatic heterocycles. The van der Waals surface area contributed by atoms with Gasteiger partial charge in [0.1, 0.15) is 0 Å². The first kappa shape index (κ1) is 20.3. The van der Waals surface area contributed by atoms with Crippen LogP contribution in [0.2, 0.25) is 0 Å². The lowest BCUT2D eigenvalue weighted by molar-refractivity contribution is 0.569. The number of pyridine rings is 1. The molecule has 1 aliphatic rings. The van der Waals surface area contributed by atoms with Crippen molar-refractivity contribution in [2.75, 3.05) is 12.3 Å². The van der Waals surface area contributed by atoms with Gasteiger partial charge in [-0.25, -0.2) is 9.97 Å². The van der Waals surface area contributed by atoms with Gasteiger partial charge in [0.2, 0.25) is 5.89 Å². The minimum absolute atomic E-state index is 0.0775. The Kier molecular flexibility index (Phi) is 4.94. The molecule has 4 aromatic rings. The molecule has 3 N–H and O–H groups in total. The maximum absolute atomic E-state index is 6.12. The molecule has 162 valence electrons. The monoisotopic (exact) mass is 427 g/mol. The SMILES string of the molecule is CC(C)(C)c1cc(-c2cnc(N)c(-c3nnc(-c4ccc5c(c4)CNCC5)o3)n2)ccn1. The molecule has 0 saturated heterocycles. The predicted octanol–water partition coefficient (Wildman–Crippen LogP) is 3.78. The summed E-state index contributed by atoms with van der Waals surface area (Å²) in [6.45, 7) is 8.20. The van der Waals surface area contributed by atoms with Crippen LogP contribution in [-0.4, -0.2) is 31.7 Å². The van der Waals surface area contributed by atoms with E-state index in [4.69, 9.17) is 15.1 Å². The summed E-state index contributed by atoms with van der Waals surface area (Å²) in [6, 6.07) is 10.2. The number of fused-ring (bicyclic) bond motifs is 1. The minimum Gasteiger partial charge on any atom is -0.414 e. The molecule has 32 heavy (non-hydrogen) atoms. The van der Waals surface area contributed by atoms with Gasteiger partial charge >= 0.3 is 0 Å². The van der Waals surface area contributed by atoms with Gasteiger partial charge in [0.25, 0.3) is 5.89 Å². The Balaban J connectivity index is 1.50. The van der Waals surface area contributed by atoms with Crippen LogP contribution in [0.3, 0.4) is 0 Å². The van der Waals surface area contributed by atoms with E-state index in [1.54, 1.807) is 12.4 Å². The standard InChI is InChI=1S/C24H25N7O/c1-24(2,3)19-11-15(7-9-27-19)18-13-28-21(25)20(29-18)23-31-30-22(32-23)16-5-4-14-6-8-26-12-17(14)10-16/h4-5,7,9-11,13,26H,6,8,12H2,1-3H3,(H2,25,28). The molecular formula is C24H25N7O. The summed E-state index contributed by atoms with van der Waals surface area (Å²) in [5.74, 6) is 0.912. The third-order valence-electron chi connectivity index (χ3n) is 5.59. The lowest BCUT2D eigenvalue weighted by atomic mass is 9.90. The zero-order chi connectivity index (χ0) is 22.3. The Labute approximate surface area is 186 Å². The van der Waals surface area contributed by atoms with Gasteiger partial charge in [-0.2, -0.15) is 0 Å². The summed E-state index contributed by atoms with van der Waals surface area (Å²) < 4.78 is 5.96. The lowest BCUT2D eigenvalue weighted by Gasteiger charge is -2.18. The van der Waals surface area contributed by atoms with Crippen molar-refractivity contribution in [2.45, 2.75) is 39.2 Å². The topological polar surface area (TPSA) is 116 Å². The fourth-order valence-corrected chi connectivity index (χ4v) is 3.74. The molecule has 0 atom stereocenters. The van der Waals surface area contributed by atoms with Crippen molar-refractivity contribution in [3.8, 4) is 34.3 Å². The number of nitrogens with one attached hydrogen (secondary N) is 1. The number of nitrogens with two attached hydrogens (primary N) is 1. The Morgan fingerprint density at radius 1 is 0.969 bits per heavy atom. The van der Waals surface area contributed by atoms with Crippen LogP contribution in [-0.2, 0) is 18.4 Å². The number of nitrogen functional groups attached to an aromatic ring is 1. The maximum Gasteiger partial charge on any atom is 0.270 e. The van der Waals surface area contributed by atoms with E-state index in [1.165, 1.54) is 11.1 Å². The summed E-state index contributed by atoms with van der Waals surface area (Å²) in [5, 5.41) is 11.8. The number of rotatable bonds is 3. The number of hydrogen-bond donors (Lipinski definition) is 2. The van der Waals surface area contributed by atoms with Crippen molar-refractivity contribution in [3.05, 3.63) is 59.5 Å². The first-order valence-electron chi connectivity index (χ1n) is 10.6. The number of hydrogen-bond acceptors (Lipinski definition) is 8. The highest BCUT2D eigenvalue weighted by Crippen LogP contribution is 2.30. The Hall–Kier alpha value is -3.65. The van der Waals surface area contributed by atoms with E-state index in [1.807, 2.05) is 18.2 Å². The minimum atomic E-state index is -0.0775. The highest BCUT2D eigenvalue weighted by Gasteiger charge is 2.20. The Morgan fingerprint density at radius 2 is 1.81 bits per heavy atom. The van der Waals surface area contributed by atoms with Gasteiger partial charge in [0.15, 0.2) is 11.5 Å². The van der Waals surface area contributed by atoms with E-state index < -0.39 is 0 Å². The molecule has 0 saturated carbocycles. The Morgan fingerprint density at radius 3 is 2.66 bits per heavy atom. The van der Waals surface area contributed by atoms with Gasteiger partial charge in [-0.15, -0.1) is 10.2 Å². The molecule has 8 nitrogen and oxygen atoms in total. The normalized spacial score (nSPS) is 13.7. The van der Waals surface area contributed by atoms with E-state index in [9.17, 15) is 0 Å². The van der Waals surface area contributed by atoms with Crippen LogP contribution in [0.5, 0.6) is 0 Å². The molecule has 0 aliphatic carbocycles. The van der Waals surface area contributed by atoms with Crippen LogP contribution >= 0.6 is 0 Å². The zero-order valence-electron chi connectivity index (χ0n) is 18.4. The number of nitrogens with zero attached hydrogens (tertiary/aromatic N) is 5. The quantitative estimate of drug-likeness (QED) is 0.507. The average molecular weight is 428 g/mol. The van der Waals surface area contributed by atoms with Crippen molar-refractivity contribution in [3.63, 3.8) is 0 Å².